The molecule has 4 aromatic carbocycles. The van der Waals surface area contributed by atoms with Crippen molar-refractivity contribution >= 4 is 57.7 Å². The first kappa shape index (κ1) is 32.1. The Morgan fingerprint density at radius 1 is 0.913 bits per heavy atom. The maximum atomic E-state index is 13.5. The summed E-state index contributed by atoms with van der Waals surface area (Å²) in [4.78, 5) is 44.7. The van der Waals surface area contributed by atoms with Crippen molar-refractivity contribution < 1.29 is 23.5 Å². The first-order chi connectivity index (χ1) is 22.3. The van der Waals surface area contributed by atoms with E-state index in [1.54, 1.807) is 97.2 Å². The molecule has 0 aliphatic heterocycles. The molecule has 1 heterocycles. The van der Waals surface area contributed by atoms with Crippen LogP contribution in [0.5, 0.6) is 5.75 Å². The summed E-state index contributed by atoms with van der Waals surface area (Å²) < 4.78 is 18.7. The summed E-state index contributed by atoms with van der Waals surface area (Å²) in [5.74, 6) is -1.02. The SMILES string of the molecule is COc1ccccc1/C=C(/NC(=O)c1ccccc1)C(=O)Nc1cccc(SC(C)C(=O)Nc2nc(-c3ccc(F)cc3)cs2)c1. The highest BCUT2D eigenvalue weighted by Gasteiger charge is 2.19. The van der Waals surface area contributed by atoms with Crippen LogP contribution in [-0.4, -0.2) is 35.1 Å². The summed E-state index contributed by atoms with van der Waals surface area (Å²) in [5.41, 5.74) is 2.90. The van der Waals surface area contributed by atoms with Crippen LogP contribution in [0.15, 0.2) is 119 Å². The van der Waals surface area contributed by atoms with Gasteiger partial charge in [-0.2, -0.15) is 0 Å². The second kappa shape index (κ2) is 15.2. The van der Waals surface area contributed by atoms with Crippen molar-refractivity contribution in [1.82, 2.24) is 10.3 Å². The number of halogens is 1. The van der Waals surface area contributed by atoms with Crippen molar-refractivity contribution in [2.45, 2.75) is 17.1 Å². The van der Waals surface area contributed by atoms with E-state index in [0.29, 0.717) is 33.4 Å². The molecule has 0 saturated heterocycles. The Balaban J connectivity index is 1.27. The number of thiazole rings is 1. The number of hydrogen-bond donors (Lipinski definition) is 3. The van der Waals surface area contributed by atoms with Crippen LogP contribution in [0.3, 0.4) is 0 Å². The van der Waals surface area contributed by atoms with Gasteiger partial charge in [-0.25, -0.2) is 9.37 Å². The molecular formula is C35H29FN4O4S2. The fourth-order valence-electron chi connectivity index (χ4n) is 4.28. The highest BCUT2D eigenvalue weighted by Crippen LogP contribution is 2.29. The second-order valence-corrected chi connectivity index (χ2v) is 12.2. The van der Waals surface area contributed by atoms with Gasteiger partial charge in [0.2, 0.25) is 5.91 Å². The molecule has 0 spiro atoms. The minimum absolute atomic E-state index is 0.0209. The lowest BCUT2D eigenvalue weighted by molar-refractivity contribution is -0.115. The van der Waals surface area contributed by atoms with Gasteiger partial charge in [0.15, 0.2) is 5.13 Å². The molecule has 0 radical (unpaired) electrons. The number of rotatable bonds is 11. The van der Waals surface area contributed by atoms with Crippen molar-refractivity contribution in [3.63, 3.8) is 0 Å². The van der Waals surface area contributed by atoms with Crippen molar-refractivity contribution in [2.75, 3.05) is 17.7 Å². The predicted octanol–water partition coefficient (Wildman–Crippen LogP) is 7.49. The Kier molecular flexibility index (Phi) is 10.6. The lowest BCUT2D eigenvalue weighted by Crippen LogP contribution is -2.30. The zero-order valence-corrected chi connectivity index (χ0v) is 26.5. The van der Waals surface area contributed by atoms with E-state index in [9.17, 15) is 18.8 Å². The minimum atomic E-state index is -0.538. The summed E-state index contributed by atoms with van der Waals surface area (Å²) in [5, 5.41) is 10.2. The third kappa shape index (κ3) is 8.46. The van der Waals surface area contributed by atoms with Gasteiger partial charge in [0, 0.05) is 32.7 Å². The Bertz CT molecular complexity index is 1880. The number of benzene rings is 4. The van der Waals surface area contributed by atoms with Crippen LogP contribution in [0.2, 0.25) is 0 Å². The first-order valence-corrected chi connectivity index (χ1v) is 15.9. The molecule has 0 aliphatic rings. The number of hydrogen-bond acceptors (Lipinski definition) is 7. The number of carbonyl (C=O) groups excluding carboxylic acids is 3. The Morgan fingerprint density at radius 3 is 2.41 bits per heavy atom. The first-order valence-electron chi connectivity index (χ1n) is 14.1. The van der Waals surface area contributed by atoms with Gasteiger partial charge in [-0.1, -0.05) is 42.5 Å². The molecule has 5 aromatic rings. The van der Waals surface area contributed by atoms with Gasteiger partial charge in [0.05, 0.1) is 18.1 Å². The third-order valence-corrected chi connectivity index (χ3v) is 8.47. The number of para-hydroxylation sites is 1. The smallest absolute Gasteiger partial charge is 0.272 e. The van der Waals surface area contributed by atoms with Crippen LogP contribution < -0.4 is 20.7 Å². The van der Waals surface area contributed by atoms with Gasteiger partial charge in [0.25, 0.3) is 11.8 Å². The molecule has 0 aliphatic carbocycles. The van der Waals surface area contributed by atoms with Gasteiger partial charge in [-0.05, 0) is 73.7 Å². The van der Waals surface area contributed by atoms with Crippen LogP contribution in [0, 0.1) is 5.82 Å². The minimum Gasteiger partial charge on any atom is -0.496 e. The number of anilines is 2. The lowest BCUT2D eigenvalue weighted by atomic mass is 10.1. The van der Waals surface area contributed by atoms with Crippen LogP contribution in [0.4, 0.5) is 15.2 Å². The highest BCUT2D eigenvalue weighted by atomic mass is 32.2. The number of methoxy groups -OCH3 is 1. The molecular weight excluding hydrogens is 624 g/mol. The Labute approximate surface area is 273 Å². The maximum Gasteiger partial charge on any atom is 0.272 e. The molecule has 1 aromatic heterocycles. The van der Waals surface area contributed by atoms with Crippen molar-refractivity contribution in [1.29, 1.82) is 0 Å². The van der Waals surface area contributed by atoms with E-state index in [4.69, 9.17) is 4.74 Å². The molecule has 1 atom stereocenters. The van der Waals surface area contributed by atoms with Crippen LogP contribution in [0.25, 0.3) is 17.3 Å². The summed E-state index contributed by atoms with van der Waals surface area (Å²) in [7, 11) is 1.53. The fourth-order valence-corrected chi connectivity index (χ4v) is 5.93. The quantitative estimate of drug-likeness (QED) is 0.101. The van der Waals surface area contributed by atoms with E-state index >= 15 is 0 Å². The lowest BCUT2D eigenvalue weighted by Gasteiger charge is -2.14. The van der Waals surface area contributed by atoms with Gasteiger partial charge < -0.3 is 20.7 Å². The summed E-state index contributed by atoms with van der Waals surface area (Å²) in [6.45, 7) is 1.77. The molecule has 11 heteroatoms. The molecule has 0 bridgehead atoms. The van der Waals surface area contributed by atoms with Crippen LogP contribution in [0.1, 0.15) is 22.8 Å². The largest absolute Gasteiger partial charge is 0.496 e. The molecule has 46 heavy (non-hydrogen) atoms. The number of carbonyl (C=O) groups is 3. The molecule has 0 saturated carbocycles. The standard InChI is InChI=1S/C35H29FN4O4S2/c1-22(32(41)40-35-39-30(21-45-35)23-15-17-26(36)18-16-23)46-28-13-8-12-27(20-28)37-34(43)29(19-25-11-6-7-14-31(25)44-2)38-33(42)24-9-4-3-5-10-24/h3-22H,1-2H3,(H,37,43)(H,38,42)(H,39,40,41)/b29-19+. The molecule has 1 unspecified atom stereocenters. The maximum absolute atomic E-state index is 13.5. The molecule has 232 valence electrons. The average molecular weight is 653 g/mol. The predicted molar refractivity (Wildman–Crippen MR) is 181 cm³/mol. The van der Waals surface area contributed by atoms with Gasteiger partial charge in [-0.3, -0.25) is 14.4 Å². The Hall–Kier alpha value is -5.26. The topological polar surface area (TPSA) is 109 Å². The van der Waals surface area contributed by atoms with Gasteiger partial charge in [-0.15, -0.1) is 23.1 Å². The van der Waals surface area contributed by atoms with Crippen LogP contribution in [-0.2, 0) is 9.59 Å². The average Bonchev–Trinajstić information content (AvgIpc) is 3.53. The number of ether oxygens (including phenoxy) is 1. The van der Waals surface area contributed by atoms with Crippen molar-refractivity contribution in [3.8, 4) is 17.0 Å². The van der Waals surface area contributed by atoms with Crippen LogP contribution >= 0.6 is 23.1 Å². The van der Waals surface area contributed by atoms with Crippen molar-refractivity contribution in [3.05, 3.63) is 131 Å². The van der Waals surface area contributed by atoms with Gasteiger partial charge in [0.1, 0.15) is 17.3 Å². The third-order valence-electron chi connectivity index (χ3n) is 6.62. The van der Waals surface area contributed by atoms with E-state index in [1.165, 1.54) is 42.3 Å². The van der Waals surface area contributed by atoms with Crippen molar-refractivity contribution in [2.24, 2.45) is 0 Å². The summed E-state index contributed by atoms with van der Waals surface area (Å²) in [6.07, 6.45) is 1.56. The van der Waals surface area contributed by atoms with E-state index in [0.717, 1.165) is 10.5 Å². The number of aromatic nitrogens is 1. The zero-order valence-electron chi connectivity index (χ0n) is 24.8. The number of nitrogens with zero attached hydrogens (tertiary/aromatic N) is 1. The van der Waals surface area contributed by atoms with E-state index in [-0.39, 0.29) is 17.4 Å². The molecule has 0 fully saturated rings. The normalized spacial score (nSPS) is 11.8. The number of nitrogens with one attached hydrogen (secondary N) is 3. The molecule has 5 rings (SSSR count). The van der Waals surface area contributed by atoms with E-state index in [2.05, 4.69) is 20.9 Å². The number of thioether (sulfide) groups is 1. The summed E-state index contributed by atoms with van der Waals surface area (Å²) >= 11 is 2.59. The molecule has 3 N–H and O–H groups in total. The highest BCUT2D eigenvalue weighted by molar-refractivity contribution is 8.00. The number of amides is 3. The zero-order chi connectivity index (χ0) is 32.5. The Morgan fingerprint density at radius 2 is 1.65 bits per heavy atom. The van der Waals surface area contributed by atoms with E-state index < -0.39 is 17.1 Å². The fraction of sp³-hybridized carbons (Fsp3) is 0.0857. The monoisotopic (exact) mass is 652 g/mol. The van der Waals surface area contributed by atoms with Gasteiger partial charge >= 0.3 is 0 Å². The summed E-state index contributed by atoms with van der Waals surface area (Å²) in [6, 6.07) is 28.8. The van der Waals surface area contributed by atoms with E-state index in [1.807, 2.05) is 12.1 Å². The molecule has 8 nitrogen and oxygen atoms in total. The second-order valence-electron chi connectivity index (χ2n) is 9.90. The molecule has 3 amide bonds.